The fourth-order valence-corrected chi connectivity index (χ4v) is 3.01. The Hall–Kier alpha value is -3.97. The summed E-state index contributed by atoms with van der Waals surface area (Å²) < 4.78 is 0. The Labute approximate surface area is 187 Å². The number of aliphatic carboxylic acids is 2. The van der Waals surface area contributed by atoms with E-state index in [2.05, 4.69) is 15.6 Å². The summed E-state index contributed by atoms with van der Waals surface area (Å²) in [6.07, 6.45) is 1.05. The maximum absolute atomic E-state index is 12.5. The molecular formula is C20H25N5O8. The molecule has 1 aromatic carbocycles. The number of fused-ring (bicyclic) bond motifs is 1. The van der Waals surface area contributed by atoms with E-state index in [9.17, 15) is 24.0 Å². The van der Waals surface area contributed by atoms with Crippen molar-refractivity contribution in [3.63, 3.8) is 0 Å². The van der Waals surface area contributed by atoms with Crippen molar-refractivity contribution in [3.05, 3.63) is 36.0 Å². The molecule has 1 aromatic heterocycles. The lowest BCUT2D eigenvalue weighted by Crippen LogP contribution is -2.54. The SMILES string of the molecule is NC(Cc1c[nH]c2ccccc12)C(=O)NC(CC(=O)O)C(=O)NCC(=O)NC(CO)C(=O)O. The van der Waals surface area contributed by atoms with E-state index in [1.807, 2.05) is 29.6 Å². The molecule has 0 radical (unpaired) electrons. The summed E-state index contributed by atoms with van der Waals surface area (Å²) in [5, 5.41) is 34.0. The van der Waals surface area contributed by atoms with Gasteiger partial charge in [0.15, 0.2) is 0 Å². The zero-order valence-electron chi connectivity index (χ0n) is 17.4. The number of hydrogen-bond donors (Lipinski definition) is 8. The average molecular weight is 463 g/mol. The molecule has 3 amide bonds. The lowest BCUT2D eigenvalue weighted by atomic mass is 10.0. The molecule has 0 aliphatic rings. The van der Waals surface area contributed by atoms with Gasteiger partial charge in [-0.2, -0.15) is 0 Å². The molecule has 1 heterocycles. The van der Waals surface area contributed by atoms with Gasteiger partial charge in [-0.05, 0) is 18.1 Å². The van der Waals surface area contributed by atoms with Crippen LogP contribution >= 0.6 is 0 Å². The van der Waals surface area contributed by atoms with Crippen LogP contribution in [0.25, 0.3) is 10.9 Å². The summed E-state index contributed by atoms with van der Waals surface area (Å²) in [6, 6.07) is 3.20. The van der Waals surface area contributed by atoms with Gasteiger partial charge in [0.2, 0.25) is 17.7 Å². The minimum Gasteiger partial charge on any atom is -0.481 e. The van der Waals surface area contributed by atoms with Crippen LogP contribution in [0.1, 0.15) is 12.0 Å². The van der Waals surface area contributed by atoms with Gasteiger partial charge in [-0.3, -0.25) is 19.2 Å². The Morgan fingerprint density at radius 3 is 2.33 bits per heavy atom. The topological polar surface area (TPSA) is 224 Å². The van der Waals surface area contributed by atoms with Gasteiger partial charge in [0.05, 0.1) is 25.6 Å². The third kappa shape index (κ3) is 7.29. The number of benzene rings is 1. The molecule has 0 bridgehead atoms. The van der Waals surface area contributed by atoms with E-state index in [1.54, 1.807) is 6.20 Å². The molecule has 0 saturated heterocycles. The molecule has 0 aliphatic carbocycles. The lowest BCUT2D eigenvalue weighted by Gasteiger charge is -2.19. The predicted octanol–water partition coefficient (Wildman–Crippen LogP) is -2.32. The number of aromatic nitrogens is 1. The average Bonchev–Trinajstić information content (AvgIpc) is 3.17. The van der Waals surface area contributed by atoms with Gasteiger partial charge in [0.25, 0.3) is 0 Å². The maximum atomic E-state index is 12.5. The third-order valence-electron chi connectivity index (χ3n) is 4.70. The molecule has 0 aliphatic heterocycles. The summed E-state index contributed by atoms with van der Waals surface area (Å²) in [4.78, 5) is 61.6. The molecule has 178 valence electrons. The van der Waals surface area contributed by atoms with Crippen molar-refractivity contribution in [3.8, 4) is 0 Å². The number of H-pyrrole nitrogens is 1. The Bertz CT molecular complexity index is 1040. The quantitative estimate of drug-likeness (QED) is 0.169. The smallest absolute Gasteiger partial charge is 0.328 e. The number of hydrogen-bond acceptors (Lipinski definition) is 7. The number of carboxylic acid groups (broad SMARTS) is 2. The van der Waals surface area contributed by atoms with Gasteiger partial charge < -0.3 is 42.0 Å². The lowest BCUT2D eigenvalue weighted by molar-refractivity contribution is -0.143. The number of carboxylic acids is 2. The van der Waals surface area contributed by atoms with E-state index in [0.717, 1.165) is 16.5 Å². The number of rotatable bonds is 12. The van der Waals surface area contributed by atoms with Gasteiger partial charge in [-0.25, -0.2) is 4.79 Å². The number of amides is 3. The molecule has 33 heavy (non-hydrogen) atoms. The van der Waals surface area contributed by atoms with Crippen LogP contribution in [0.15, 0.2) is 30.5 Å². The number of para-hydroxylation sites is 1. The van der Waals surface area contributed by atoms with E-state index in [1.165, 1.54) is 0 Å². The second kappa shape index (κ2) is 11.6. The highest BCUT2D eigenvalue weighted by Gasteiger charge is 2.27. The number of nitrogens with two attached hydrogens (primary N) is 1. The van der Waals surface area contributed by atoms with Crippen molar-refractivity contribution in [1.29, 1.82) is 0 Å². The predicted molar refractivity (Wildman–Crippen MR) is 114 cm³/mol. The van der Waals surface area contributed by atoms with Crippen molar-refractivity contribution in [2.45, 2.75) is 31.0 Å². The minimum absolute atomic E-state index is 0.122. The van der Waals surface area contributed by atoms with Crippen molar-refractivity contribution < 1.29 is 39.3 Å². The van der Waals surface area contributed by atoms with E-state index in [-0.39, 0.29) is 6.42 Å². The van der Waals surface area contributed by atoms with E-state index in [0.29, 0.717) is 0 Å². The third-order valence-corrected chi connectivity index (χ3v) is 4.70. The number of aliphatic hydroxyl groups excluding tert-OH is 1. The van der Waals surface area contributed by atoms with Gasteiger partial charge >= 0.3 is 11.9 Å². The molecule has 2 aromatic rings. The Morgan fingerprint density at radius 1 is 1.00 bits per heavy atom. The van der Waals surface area contributed by atoms with Gasteiger partial charge in [-0.15, -0.1) is 0 Å². The molecule has 0 saturated carbocycles. The second-order valence-electron chi connectivity index (χ2n) is 7.19. The highest BCUT2D eigenvalue weighted by Crippen LogP contribution is 2.18. The standard InChI is InChI=1S/C20H25N5O8/c21-12(5-10-7-22-13-4-2-1-3-11(10)13)18(30)25-14(6-17(28)29)19(31)23-8-16(27)24-15(9-26)20(32)33/h1-4,7,12,14-15,22,26H,5-6,8-9,21H2,(H,23,31)(H,24,27)(H,25,30)(H,28,29)(H,32,33). The van der Waals surface area contributed by atoms with Crippen molar-refractivity contribution in [1.82, 2.24) is 20.9 Å². The fraction of sp³-hybridized carbons (Fsp3) is 0.350. The van der Waals surface area contributed by atoms with Crippen LogP contribution in [0.2, 0.25) is 0 Å². The monoisotopic (exact) mass is 463 g/mol. The van der Waals surface area contributed by atoms with Crippen LogP contribution < -0.4 is 21.7 Å². The summed E-state index contributed by atoms with van der Waals surface area (Å²) in [5.41, 5.74) is 7.57. The normalized spacial score (nSPS) is 13.5. The highest BCUT2D eigenvalue weighted by atomic mass is 16.4. The van der Waals surface area contributed by atoms with Gasteiger partial charge in [-0.1, -0.05) is 18.2 Å². The van der Waals surface area contributed by atoms with Crippen LogP contribution in [0, 0.1) is 0 Å². The molecule has 3 atom stereocenters. The first-order chi connectivity index (χ1) is 15.6. The summed E-state index contributed by atoms with van der Waals surface area (Å²) in [6.45, 7) is -1.56. The Morgan fingerprint density at radius 2 is 1.70 bits per heavy atom. The molecule has 2 rings (SSSR count). The Balaban J connectivity index is 1.96. The summed E-state index contributed by atoms with van der Waals surface area (Å²) in [5.74, 6) is -5.52. The zero-order chi connectivity index (χ0) is 24.5. The van der Waals surface area contributed by atoms with Crippen LogP contribution in [0.5, 0.6) is 0 Å². The molecule has 0 spiro atoms. The first kappa shape index (κ1) is 25.3. The van der Waals surface area contributed by atoms with E-state index in [4.69, 9.17) is 21.1 Å². The van der Waals surface area contributed by atoms with Crippen molar-refractivity contribution >= 4 is 40.6 Å². The molecular weight excluding hydrogens is 438 g/mol. The molecule has 13 heteroatoms. The number of carbonyl (C=O) groups excluding carboxylic acids is 3. The summed E-state index contributed by atoms with van der Waals surface area (Å²) in [7, 11) is 0. The fourth-order valence-electron chi connectivity index (χ4n) is 3.01. The maximum Gasteiger partial charge on any atom is 0.328 e. The highest BCUT2D eigenvalue weighted by molar-refractivity contribution is 5.94. The van der Waals surface area contributed by atoms with E-state index < -0.39 is 67.4 Å². The van der Waals surface area contributed by atoms with Crippen LogP contribution in [0.4, 0.5) is 0 Å². The van der Waals surface area contributed by atoms with Crippen molar-refractivity contribution in [2.75, 3.05) is 13.2 Å². The second-order valence-corrected chi connectivity index (χ2v) is 7.19. The van der Waals surface area contributed by atoms with E-state index >= 15 is 0 Å². The van der Waals surface area contributed by atoms with Crippen molar-refractivity contribution in [2.24, 2.45) is 5.73 Å². The summed E-state index contributed by atoms with van der Waals surface area (Å²) >= 11 is 0. The molecule has 3 unspecified atom stereocenters. The first-order valence-electron chi connectivity index (χ1n) is 9.85. The number of carbonyl (C=O) groups is 5. The van der Waals surface area contributed by atoms with Gasteiger partial charge in [0.1, 0.15) is 12.1 Å². The Kier molecular flexibility index (Phi) is 8.89. The first-order valence-corrected chi connectivity index (χ1v) is 9.85. The van der Waals surface area contributed by atoms with Crippen LogP contribution in [-0.4, -0.2) is 81.2 Å². The molecule has 9 N–H and O–H groups in total. The zero-order valence-corrected chi connectivity index (χ0v) is 17.4. The minimum atomic E-state index is -1.56. The molecule has 0 fully saturated rings. The van der Waals surface area contributed by atoms with Gasteiger partial charge in [0, 0.05) is 17.1 Å². The number of nitrogens with one attached hydrogen (secondary N) is 4. The van der Waals surface area contributed by atoms with Crippen LogP contribution in [-0.2, 0) is 30.4 Å². The number of aliphatic hydroxyl groups is 1. The number of aromatic amines is 1. The largest absolute Gasteiger partial charge is 0.481 e. The molecule has 13 nitrogen and oxygen atoms in total. The van der Waals surface area contributed by atoms with Crippen LogP contribution in [0.3, 0.4) is 0 Å².